The molecule has 0 aromatic heterocycles. The third kappa shape index (κ3) is 6.38. The van der Waals surface area contributed by atoms with E-state index in [-0.39, 0.29) is 0 Å². The molecule has 1 heteroatoms. The van der Waals surface area contributed by atoms with Crippen molar-refractivity contribution < 1.29 is 4.79 Å². The van der Waals surface area contributed by atoms with Crippen LogP contribution in [0.4, 0.5) is 0 Å². The van der Waals surface area contributed by atoms with Crippen LogP contribution in [0.1, 0.15) is 59.3 Å². The third-order valence-corrected chi connectivity index (χ3v) is 2.17. The zero-order valence-electron chi connectivity index (χ0n) is 8.73. The van der Waals surface area contributed by atoms with Gasteiger partial charge in [0.05, 0.1) is 0 Å². The molecule has 1 nitrogen and oxygen atoms in total. The number of ketones is 1. The van der Waals surface area contributed by atoms with E-state index in [0.29, 0.717) is 11.7 Å². The molecule has 0 amide bonds. The van der Waals surface area contributed by atoms with Crippen molar-refractivity contribution >= 4 is 5.78 Å². The molecule has 0 aromatic rings. The largest absolute Gasteiger partial charge is 0.300 e. The lowest BCUT2D eigenvalue weighted by Crippen LogP contribution is -2.04. The van der Waals surface area contributed by atoms with E-state index in [1.54, 1.807) is 0 Å². The maximum Gasteiger partial charge on any atom is 0.133 e. The Labute approximate surface area is 76.6 Å². The molecule has 72 valence electrons. The van der Waals surface area contributed by atoms with Crippen LogP contribution in [0.25, 0.3) is 0 Å². The van der Waals surface area contributed by atoms with Crippen molar-refractivity contribution in [2.75, 3.05) is 0 Å². The SMILES string of the molecule is CCCCC(=O)CC(C)CCC. The average molecular weight is 170 g/mol. The highest BCUT2D eigenvalue weighted by Crippen LogP contribution is 2.12. The van der Waals surface area contributed by atoms with E-state index in [4.69, 9.17) is 0 Å². The second kappa shape index (κ2) is 7.33. The Kier molecular flexibility index (Phi) is 7.12. The lowest BCUT2D eigenvalue weighted by atomic mass is 9.97. The summed E-state index contributed by atoms with van der Waals surface area (Å²) in [7, 11) is 0. The van der Waals surface area contributed by atoms with Gasteiger partial charge in [-0.1, -0.05) is 40.0 Å². The molecule has 0 spiro atoms. The van der Waals surface area contributed by atoms with Crippen LogP contribution in [-0.4, -0.2) is 5.78 Å². The fourth-order valence-electron chi connectivity index (χ4n) is 1.46. The Bertz CT molecular complexity index is 118. The average Bonchev–Trinajstić information content (AvgIpc) is 2.01. The molecule has 0 heterocycles. The van der Waals surface area contributed by atoms with Crippen molar-refractivity contribution in [1.82, 2.24) is 0 Å². The summed E-state index contributed by atoms with van der Waals surface area (Å²) in [6.45, 7) is 6.48. The van der Waals surface area contributed by atoms with Gasteiger partial charge in [0.2, 0.25) is 0 Å². The highest BCUT2D eigenvalue weighted by molar-refractivity contribution is 5.78. The van der Waals surface area contributed by atoms with E-state index >= 15 is 0 Å². The number of carbonyl (C=O) groups excluding carboxylic acids is 1. The third-order valence-electron chi connectivity index (χ3n) is 2.17. The van der Waals surface area contributed by atoms with Crippen molar-refractivity contribution in [3.05, 3.63) is 0 Å². The van der Waals surface area contributed by atoms with Gasteiger partial charge in [-0.2, -0.15) is 0 Å². The van der Waals surface area contributed by atoms with E-state index in [9.17, 15) is 4.79 Å². The summed E-state index contributed by atoms with van der Waals surface area (Å²) < 4.78 is 0. The van der Waals surface area contributed by atoms with Gasteiger partial charge in [0.15, 0.2) is 0 Å². The highest BCUT2D eigenvalue weighted by atomic mass is 16.1. The molecule has 0 aliphatic rings. The molecule has 1 unspecified atom stereocenters. The van der Waals surface area contributed by atoms with Gasteiger partial charge < -0.3 is 0 Å². The van der Waals surface area contributed by atoms with Gasteiger partial charge in [-0.15, -0.1) is 0 Å². The zero-order valence-corrected chi connectivity index (χ0v) is 8.73. The van der Waals surface area contributed by atoms with Crippen LogP contribution in [0.2, 0.25) is 0 Å². The summed E-state index contributed by atoms with van der Waals surface area (Å²) in [5, 5.41) is 0. The van der Waals surface area contributed by atoms with Gasteiger partial charge in [0, 0.05) is 12.8 Å². The normalized spacial score (nSPS) is 12.9. The van der Waals surface area contributed by atoms with Crippen LogP contribution < -0.4 is 0 Å². The topological polar surface area (TPSA) is 17.1 Å². The molecular weight excluding hydrogens is 148 g/mol. The van der Waals surface area contributed by atoms with Crippen LogP contribution >= 0.6 is 0 Å². The highest BCUT2D eigenvalue weighted by Gasteiger charge is 2.07. The summed E-state index contributed by atoms with van der Waals surface area (Å²) in [4.78, 5) is 11.3. The molecule has 0 aliphatic heterocycles. The fraction of sp³-hybridized carbons (Fsp3) is 0.909. The van der Waals surface area contributed by atoms with Gasteiger partial charge in [-0.25, -0.2) is 0 Å². The van der Waals surface area contributed by atoms with Crippen LogP contribution in [0.5, 0.6) is 0 Å². The van der Waals surface area contributed by atoms with E-state index in [1.165, 1.54) is 12.8 Å². The van der Waals surface area contributed by atoms with Gasteiger partial charge in [0.1, 0.15) is 5.78 Å². The number of rotatable bonds is 7. The predicted octanol–water partition coefficient (Wildman–Crippen LogP) is 3.57. The Morgan fingerprint density at radius 3 is 2.42 bits per heavy atom. The molecule has 0 N–H and O–H groups in total. The molecule has 0 bridgehead atoms. The van der Waals surface area contributed by atoms with E-state index in [2.05, 4.69) is 20.8 Å². The minimum Gasteiger partial charge on any atom is -0.300 e. The number of unbranched alkanes of at least 4 members (excludes halogenated alkanes) is 1. The summed E-state index contributed by atoms with van der Waals surface area (Å²) in [5.41, 5.74) is 0. The van der Waals surface area contributed by atoms with Crippen LogP contribution in [0.3, 0.4) is 0 Å². The first-order valence-electron chi connectivity index (χ1n) is 5.22. The lowest BCUT2D eigenvalue weighted by Gasteiger charge is -2.07. The Morgan fingerprint density at radius 2 is 1.92 bits per heavy atom. The number of hydrogen-bond acceptors (Lipinski definition) is 1. The molecule has 1 atom stereocenters. The summed E-state index contributed by atoms with van der Waals surface area (Å²) in [6, 6.07) is 0. The van der Waals surface area contributed by atoms with Crippen molar-refractivity contribution in [3.63, 3.8) is 0 Å². The molecule has 0 saturated heterocycles. The maximum atomic E-state index is 11.3. The first-order valence-corrected chi connectivity index (χ1v) is 5.22. The fourth-order valence-corrected chi connectivity index (χ4v) is 1.46. The lowest BCUT2D eigenvalue weighted by molar-refractivity contribution is -0.120. The van der Waals surface area contributed by atoms with Crippen LogP contribution in [0.15, 0.2) is 0 Å². The second-order valence-corrected chi connectivity index (χ2v) is 3.74. The molecule has 12 heavy (non-hydrogen) atoms. The minimum atomic E-state index is 0.456. The van der Waals surface area contributed by atoms with Crippen LogP contribution in [0, 0.1) is 5.92 Å². The van der Waals surface area contributed by atoms with E-state index < -0.39 is 0 Å². The molecule has 0 fully saturated rings. The summed E-state index contributed by atoms with van der Waals surface area (Å²) in [6.07, 6.45) is 6.18. The molecule has 0 saturated carbocycles. The standard InChI is InChI=1S/C11H22O/c1-4-6-8-11(12)9-10(3)7-5-2/h10H,4-9H2,1-3H3. The first kappa shape index (κ1) is 11.7. The van der Waals surface area contributed by atoms with Crippen molar-refractivity contribution in [2.24, 2.45) is 5.92 Å². The molecule has 0 rings (SSSR count). The van der Waals surface area contributed by atoms with Crippen molar-refractivity contribution in [1.29, 1.82) is 0 Å². The van der Waals surface area contributed by atoms with Gasteiger partial charge >= 0.3 is 0 Å². The van der Waals surface area contributed by atoms with E-state index in [1.807, 2.05) is 0 Å². The Balaban J connectivity index is 3.40. The monoisotopic (exact) mass is 170 g/mol. The van der Waals surface area contributed by atoms with Gasteiger partial charge in [-0.3, -0.25) is 4.79 Å². The second-order valence-electron chi connectivity index (χ2n) is 3.74. The number of Topliss-reactive ketones (excluding diaryl/α,β-unsaturated/α-hetero) is 1. The summed E-state index contributed by atoms with van der Waals surface area (Å²) in [5.74, 6) is 1.05. The Hall–Kier alpha value is -0.330. The Morgan fingerprint density at radius 1 is 1.25 bits per heavy atom. The first-order chi connectivity index (χ1) is 5.70. The molecule has 0 aromatic carbocycles. The quantitative estimate of drug-likeness (QED) is 0.571. The summed E-state index contributed by atoms with van der Waals surface area (Å²) >= 11 is 0. The predicted molar refractivity (Wildman–Crippen MR) is 53.2 cm³/mol. The number of carbonyl (C=O) groups is 1. The van der Waals surface area contributed by atoms with Crippen molar-refractivity contribution in [2.45, 2.75) is 59.3 Å². The van der Waals surface area contributed by atoms with E-state index in [0.717, 1.165) is 25.7 Å². The smallest absolute Gasteiger partial charge is 0.133 e. The van der Waals surface area contributed by atoms with Crippen LogP contribution in [-0.2, 0) is 4.79 Å². The number of hydrogen-bond donors (Lipinski definition) is 0. The van der Waals surface area contributed by atoms with Crippen molar-refractivity contribution in [3.8, 4) is 0 Å². The minimum absolute atomic E-state index is 0.456. The molecule has 0 radical (unpaired) electrons. The van der Waals surface area contributed by atoms with Gasteiger partial charge in [-0.05, 0) is 12.3 Å². The molecular formula is C11H22O. The zero-order chi connectivity index (χ0) is 9.40. The van der Waals surface area contributed by atoms with Gasteiger partial charge in [0.25, 0.3) is 0 Å². The molecule has 0 aliphatic carbocycles. The maximum absolute atomic E-state index is 11.3.